The summed E-state index contributed by atoms with van der Waals surface area (Å²) in [6, 6.07) is 0. The van der Waals surface area contributed by atoms with Crippen molar-refractivity contribution in [3.8, 4) is 0 Å². The van der Waals surface area contributed by atoms with E-state index in [1.807, 2.05) is 6.92 Å². The number of hydrogen-bond acceptors (Lipinski definition) is 1. The van der Waals surface area contributed by atoms with Crippen molar-refractivity contribution in [2.75, 3.05) is 0 Å². The fourth-order valence-electron chi connectivity index (χ4n) is 0.480. The van der Waals surface area contributed by atoms with Gasteiger partial charge in [0.25, 0.3) is 0 Å². The summed E-state index contributed by atoms with van der Waals surface area (Å²) in [6.07, 6.45) is 4.07. The predicted molar refractivity (Wildman–Crippen MR) is 37.7 cm³/mol. The Morgan fingerprint density at radius 1 is 1.78 bits per heavy atom. The third kappa shape index (κ3) is 3.53. The molecular formula is C7H12NO+. The monoisotopic (exact) mass is 126 g/mol. The van der Waals surface area contributed by atoms with Crippen molar-refractivity contribution in [1.29, 1.82) is 0 Å². The van der Waals surface area contributed by atoms with E-state index in [9.17, 15) is 0 Å². The van der Waals surface area contributed by atoms with E-state index in [1.165, 1.54) is 6.20 Å². The van der Waals surface area contributed by atoms with E-state index in [4.69, 9.17) is 5.21 Å². The molecule has 0 aliphatic heterocycles. The summed E-state index contributed by atoms with van der Waals surface area (Å²) in [6.45, 7) is 8.77. The van der Waals surface area contributed by atoms with Gasteiger partial charge >= 0.3 is 0 Å². The number of allylic oxidation sites excluding steroid dienone is 2. The largest absolute Gasteiger partial charge is 0.286 e. The van der Waals surface area contributed by atoms with Crippen LogP contribution >= 0.6 is 0 Å². The van der Waals surface area contributed by atoms with Crippen molar-refractivity contribution in [2.45, 2.75) is 13.3 Å². The highest BCUT2D eigenvalue weighted by Gasteiger charge is 1.91. The van der Waals surface area contributed by atoms with E-state index in [2.05, 4.69) is 13.3 Å². The molecule has 0 fully saturated rings. The van der Waals surface area contributed by atoms with Gasteiger partial charge in [0.05, 0.1) is 0 Å². The Morgan fingerprint density at radius 3 is 2.44 bits per heavy atom. The highest BCUT2D eigenvalue weighted by molar-refractivity contribution is 5.17. The predicted octanol–water partition coefficient (Wildman–Crippen LogP) is 1.57. The van der Waals surface area contributed by atoms with Gasteiger partial charge in [-0.2, -0.15) is 0 Å². The molecule has 1 N–H and O–H groups in total. The minimum atomic E-state index is 0.778. The molecule has 0 rings (SSSR count). The maximum Gasteiger partial charge on any atom is 0.224 e. The highest BCUT2D eigenvalue weighted by Crippen LogP contribution is 1.98. The van der Waals surface area contributed by atoms with E-state index >= 15 is 0 Å². The summed E-state index contributed by atoms with van der Waals surface area (Å²) in [5.41, 5.74) is 0.965. The first-order valence-corrected chi connectivity index (χ1v) is 2.82. The lowest BCUT2D eigenvalue weighted by molar-refractivity contribution is -0.719. The van der Waals surface area contributed by atoms with Crippen molar-refractivity contribution in [1.82, 2.24) is 0 Å². The van der Waals surface area contributed by atoms with E-state index < -0.39 is 0 Å². The topological polar surface area (TPSA) is 23.2 Å². The summed E-state index contributed by atoms with van der Waals surface area (Å²) in [7, 11) is 0. The van der Waals surface area contributed by atoms with Crippen LogP contribution < -0.4 is 0 Å². The van der Waals surface area contributed by atoms with Gasteiger partial charge in [-0.3, -0.25) is 5.21 Å². The quantitative estimate of drug-likeness (QED) is 0.200. The number of hydroxylamine groups is 1. The number of rotatable bonds is 3. The molecule has 0 aliphatic carbocycles. The van der Waals surface area contributed by atoms with Gasteiger partial charge in [-0.15, -0.1) is 0 Å². The molecule has 0 atom stereocenters. The van der Waals surface area contributed by atoms with Crippen LogP contribution in [0.2, 0.25) is 0 Å². The average molecular weight is 126 g/mol. The SMILES string of the molecule is C=C/C(=C\[N+](=C)O)CC. The van der Waals surface area contributed by atoms with Crippen LogP contribution in [0.15, 0.2) is 24.4 Å². The first kappa shape index (κ1) is 7.95. The fourth-order valence-corrected chi connectivity index (χ4v) is 0.480. The molecule has 2 nitrogen and oxygen atoms in total. The lowest BCUT2D eigenvalue weighted by Gasteiger charge is -1.87. The molecule has 50 valence electrons. The molecule has 0 aromatic rings. The Labute approximate surface area is 55.4 Å². The standard InChI is InChI=1S/C7H12NO/c1-4-7(5-2)6-8(3)9/h4,6,9H,1,3,5H2,2H3/q+1/b7-6+. The van der Waals surface area contributed by atoms with Crippen LogP contribution in [0.4, 0.5) is 0 Å². The molecule has 0 aliphatic rings. The molecule has 0 spiro atoms. The van der Waals surface area contributed by atoms with E-state index in [0.717, 1.165) is 16.7 Å². The van der Waals surface area contributed by atoms with E-state index in [1.54, 1.807) is 6.08 Å². The Kier molecular flexibility index (Phi) is 3.44. The zero-order valence-electron chi connectivity index (χ0n) is 5.67. The zero-order valence-corrected chi connectivity index (χ0v) is 5.67. The summed E-state index contributed by atoms with van der Waals surface area (Å²) < 4.78 is 0.778. The van der Waals surface area contributed by atoms with Crippen LogP contribution in [-0.4, -0.2) is 16.7 Å². The Bertz CT molecular complexity index is 147. The van der Waals surface area contributed by atoms with Crippen molar-refractivity contribution >= 4 is 6.72 Å². The second-order valence-corrected chi connectivity index (χ2v) is 1.70. The van der Waals surface area contributed by atoms with Crippen LogP contribution in [0.25, 0.3) is 0 Å². The molecule has 0 radical (unpaired) electrons. The Balaban J connectivity index is 4.07. The zero-order chi connectivity index (χ0) is 7.28. The van der Waals surface area contributed by atoms with Gasteiger partial charge in [-0.25, -0.2) is 0 Å². The first-order valence-electron chi connectivity index (χ1n) is 2.82. The average Bonchev–Trinajstić information content (AvgIpc) is 1.82. The summed E-state index contributed by atoms with van der Waals surface area (Å²) in [4.78, 5) is 0. The maximum absolute atomic E-state index is 8.58. The number of nitrogens with zero attached hydrogens (tertiary/aromatic N) is 1. The lowest BCUT2D eigenvalue weighted by atomic mass is 10.2. The molecule has 0 heterocycles. The summed E-state index contributed by atoms with van der Waals surface area (Å²) in [5, 5.41) is 8.58. The van der Waals surface area contributed by atoms with E-state index in [0.29, 0.717) is 0 Å². The Hall–Kier alpha value is -1.05. The molecule has 0 unspecified atom stereocenters. The van der Waals surface area contributed by atoms with Gasteiger partial charge in [-0.1, -0.05) is 19.6 Å². The van der Waals surface area contributed by atoms with Crippen molar-refractivity contribution in [3.05, 3.63) is 24.4 Å². The molecule has 2 heteroatoms. The van der Waals surface area contributed by atoms with Crippen molar-refractivity contribution in [2.24, 2.45) is 0 Å². The second-order valence-electron chi connectivity index (χ2n) is 1.70. The molecule has 0 bridgehead atoms. The second kappa shape index (κ2) is 3.89. The van der Waals surface area contributed by atoms with Crippen molar-refractivity contribution in [3.63, 3.8) is 0 Å². The molecule has 0 amide bonds. The van der Waals surface area contributed by atoms with Gasteiger partial charge in [0.2, 0.25) is 6.20 Å². The van der Waals surface area contributed by atoms with Crippen LogP contribution in [-0.2, 0) is 0 Å². The minimum Gasteiger partial charge on any atom is -0.286 e. The van der Waals surface area contributed by atoms with Gasteiger partial charge in [-0.05, 0) is 11.2 Å². The third-order valence-corrected chi connectivity index (χ3v) is 0.985. The highest BCUT2D eigenvalue weighted by atomic mass is 16.5. The lowest BCUT2D eigenvalue weighted by Crippen LogP contribution is -1.92. The van der Waals surface area contributed by atoms with E-state index in [-0.39, 0.29) is 0 Å². The molecule has 0 saturated heterocycles. The smallest absolute Gasteiger partial charge is 0.224 e. The van der Waals surface area contributed by atoms with Crippen LogP contribution in [0.1, 0.15) is 13.3 Å². The van der Waals surface area contributed by atoms with Gasteiger partial charge in [0.15, 0.2) is 6.72 Å². The summed E-state index contributed by atoms with van der Waals surface area (Å²) >= 11 is 0. The van der Waals surface area contributed by atoms with Crippen LogP contribution in [0, 0.1) is 0 Å². The fraction of sp³-hybridized carbons (Fsp3) is 0.286. The maximum atomic E-state index is 8.58. The molecule has 0 aromatic heterocycles. The summed E-state index contributed by atoms with van der Waals surface area (Å²) in [5.74, 6) is 0. The number of hydrogen-bond donors (Lipinski definition) is 1. The molecule has 0 saturated carbocycles. The van der Waals surface area contributed by atoms with Crippen molar-refractivity contribution < 1.29 is 9.95 Å². The van der Waals surface area contributed by atoms with Crippen LogP contribution in [0.5, 0.6) is 0 Å². The normalized spacial score (nSPS) is 11.0. The van der Waals surface area contributed by atoms with Gasteiger partial charge in [0.1, 0.15) is 0 Å². The molecular weight excluding hydrogens is 114 g/mol. The Morgan fingerprint density at radius 2 is 2.33 bits per heavy atom. The minimum absolute atomic E-state index is 0.778. The first-order chi connectivity index (χ1) is 4.20. The molecule has 9 heavy (non-hydrogen) atoms. The molecule has 0 aromatic carbocycles. The van der Waals surface area contributed by atoms with Gasteiger partial charge in [0, 0.05) is 5.57 Å². The third-order valence-electron chi connectivity index (χ3n) is 0.985. The van der Waals surface area contributed by atoms with Gasteiger partial charge < -0.3 is 0 Å². The van der Waals surface area contributed by atoms with Crippen LogP contribution in [0.3, 0.4) is 0 Å².